The topological polar surface area (TPSA) is 41.6 Å². The molecule has 0 atom stereocenters. The minimum atomic E-state index is 0. The van der Waals surface area contributed by atoms with Gasteiger partial charge in [-0.15, -0.1) is 12.4 Å². The van der Waals surface area contributed by atoms with Crippen LogP contribution in [0.5, 0.6) is 0 Å². The minimum Gasteiger partial charge on any atom is -0.337 e. The van der Waals surface area contributed by atoms with Crippen molar-refractivity contribution >= 4 is 23.6 Å². The van der Waals surface area contributed by atoms with Crippen LogP contribution in [-0.2, 0) is 0 Å². The monoisotopic (exact) mass is 231 g/mol. The van der Waals surface area contributed by atoms with Crippen molar-refractivity contribution in [3.8, 4) is 11.4 Å². The zero-order valence-corrected chi connectivity index (χ0v) is 9.24. The molecular formula is C12H10ClN3. The molecule has 3 aromatic rings. The van der Waals surface area contributed by atoms with Crippen molar-refractivity contribution < 1.29 is 0 Å². The maximum Gasteiger partial charge on any atom is 0.178 e. The molecule has 0 saturated heterocycles. The number of aromatic nitrogens is 3. The lowest BCUT2D eigenvalue weighted by Gasteiger charge is -1.92. The first kappa shape index (κ1) is 10.6. The van der Waals surface area contributed by atoms with Crippen molar-refractivity contribution in [3.63, 3.8) is 0 Å². The van der Waals surface area contributed by atoms with E-state index in [-0.39, 0.29) is 12.4 Å². The molecule has 1 N–H and O–H groups in total. The second-order valence-electron chi connectivity index (χ2n) is 3.33. The van der Waals surface area contributed by atoms with E-state index in [2.05, 4.69) is 15.0 Å². The van der Waals surface area contributed by atoms with Crippen LogP contribution in [0.3, 0.4) is 0 Å². The number of rotatable bonds is 1. The van der Waals surface area contributed by atoms with Crippen molar-refractivity contribution in [2.45, 2.75) is 0 Å². The molecule has 0 fully saturated rings. The van der Waals surface area contributed by atoms with Crippen molar-refractivity contribution in [2.75, 3.05) is 0 Å². The molecule has 3 rings (SSSR count). The molecule has 0 aliphatic rings. The van der Waals surface area contributed by atoms with Gasteiger partial charge >= 0.3 is 0 Å². The van der Waals surface area contributed by atoms with Gasteiger partial charge in [0.05, 0.1) is 5.52 Å². The number of benzene rings is 1. The van der Waals surface area contributed by atoms with E-state index in [4.69, 9.17) is 0 Å². The summed E-state index contributed by atoms with van der Waals surface area (Å²) in [4.78, 5) is 11.8. The van der Waals surface area contributed by atoms with Gasteiger partial charge in [0.2, 0.25) is 0 Å². The Morgan fingerprint density at radius 3 is 2.50 bits per heavy atom. The lowest BCUT2D eigenvalue weighted by atomic mass is 10.2. The normalized spacial score (nSPS) is 10.0. The average molecular weight is 232 g/mol. The molecule has 4 heteroatoms. The van der Waals surface area contributed by atoms with Gasteiger partial charge in [0.1, 0.15) is 5.82 Å². The van der Waals surface area contributed by atoms with Gasteiger partial charge in [-0.3, -0.25) is 0 Å². The number of hydrogen-bond donors (Lipinski definition) is 1. The van der Waals surface area contributed by atoms with Gasteiger partial charge in [-0.1, -0.05) is 30.3 Å². The summed E-state index contributed by atoms with van der Waals surface area (Å²) < 4.78 is 0. The van der Waals surface area contributed by atoms with Gasteiger partial charge in [-0.05, 0) is 12.1 Å². The number of nitrogens with zero attached hydrogens (tertiary/aromatic N) is 2. The predicted molar refractivity (Wildman–Crippen MR) is 66.6 cm³/mol. The van der Waals surface area contributed by atoms with E-state index >= 15 is 0 Å². The number of H-pyrrole nitrogens is 1. The Balaban J connectivity index is 0.000000963. The van der Waals surface area contributed by atoms with Crippen LogP contribution in [0.25, 0.3) is 22.6 Å². The highest BCUT2D eigenvalue weighted by molar-refractivity contribution is 5.85. The van der Waals surface area contributed by atoms with E-state index in [9.17, 15) is 0 Å². The summed E-state index contributed by atoms with van der Waals surface area (Å²) in [5, 5.41) is 0. The third-order valence-corrected chi connectivity index (χ3v) is 2.30. The van der Waals surface area contributed by atoms with E-state index in [1.807, 2.05) is 42.5 Å². The van der Waals surface area contributed by atoms with Crippen LogP contribution in [-0.4, -0.2) is 15.0 Å². The Morgan fingerprint density at radius 1 is 0.938 bits per heavy atom. The quantitative estimate of drug-likeness (QED) is 0.700. The van der Waals surface area contributed by atoms with E-state index in [1.54, 1.807) is 6.20 Å². The van der Waals surface area contributed by atoms with E-state index < -0.39 is 0 Å². The van der Waals surface area contributed by atoms with Crippen LogP contribution in [0, 0.1) is 0 Å². The molecule has 0 unspecified atom stereocenters. The summed E-state index contributed by atoms with van der Waals surface area (Å²) in [6.45, 7) is 0. The molecule has 0 aliphatic heterocycles. The summed E-state index contributed by atoms with van der Waals surface area (Å²) in [5.74, 6) is 0.865. The Labute approximate surface area is 99.0 Å². The van der Waals surface area contributed by atoms with Crippen LogP contribution >= 0.6 is 12.4 Å². The van der Waals surface area contributed by atoms with Gasteiger partial charge < -0.3 is 4.98 Å². The van der Waals surface area contributed by atoms with Crippen LogP contribution in [0.1, 0.15) is 0 Å². The molecule has 3 nitrogen and oxygen atoms in total. The smallest absolute Gasteiger partial charge is 0.178 e. The van der Waals surface area contributed by atoms with Gasteiger partial charge in [0.25, 0.3) is 0 Å². The van der Waals surface area contributed by atoms with Crippen LogP contribution in [0.2, 0.25) is 0 Å². The number of nitrogens with one attached hydrogen (secondary N) is 1. The standard InChI is InChI=1S/C12H9N3.ClH/c1-2-5-9(6-3-1)11-14-10-7-4-8-13-12(10)15-11;/h1-8H,(H,13,14,15);1H. The van der Waals surface area contributed by atoms with Crippen LogP contribution in [0.4, 0.5) is 0 Å². The SMILES string of the molecule is Cl.c1ccc(-c2nc3ncccc3[nH]2)cc1. The Morgan fingerprint density at radius 2 is 1.75 bits per heavy atom. The first-order chi connectivity index (χ1) is 7.43. The van der Waals surface area contributed by atoms with Crippen LogP contribution < -0.4 is 0 Å². The number of imidazole rings is 1. The second kappa shape index (κ2) is 4.33. The van der Waals surface area contributed by atoms with Gasteiger partial charge in [-0.2, -0.15) is 0 Å². The maximum atomic E-state index is 4.42. The molecule has 0 spiro atoms. The van der Waals surface area contributed by atoms with Crippen molar-refractivity contribution in [1.82, 2.24) is 15.0 Å². The zero-order chi connectivity index (χ0) is 10.1. The molecule has 0 bridgehead atoms. The fourth-order valence-electron chi connectivity index (χ4n) is 1.58. The molecule has 16 heavy (non-hydrogen) atoms. The number of fused-ring (bicyclic) bond motifs is 1. The summed E-state index contributed by atoms with van der Waals surface area (Å²) in [6, 6.07) is 13.9. The first-order valence-corrected chi connectivity index (χ1v) is 4.80. The summed E-state index contributed by atoms with van der Waals surface area (Å²) >= 11 is 0. The summed E-state index contributed by atoms with van der Waals surface area (Å²) in [7, 11) is 0. The average Bonchev–Trinajstić information content (AvgIpc) is 2.74. The van der Waals surface area contributed by atoms with Crippen molar-refractivity contribution in [1.29, 1.82) is 0 Å². The van der Waals surface area contributed by atoms with Crippen molar-refractivity contribution in [2.24, 2.45) is 0 Å². The van der Waals surface area contributed by atoms with Crippen molar-refractivity contribution in [3.05, 3.63) is 48.7 Å². The van der Waals surface area contributed by atoms with E-state index in [1.165, 1.54) is 0 Å². The zero-order valence-electron chi connectivity index (χ0n) is 8.42. The molecule has 2 heterocycles. The Bertz CT molecular complexity index is 556. The second-order valence-corrected chi connectivity index (χ2v) is 3.33. The summed E-state index contributed by atoms with van der Waals surface area (Å²) in [5.41, 5.74) is 2.81. The third-order valence-electron chi connectivity index (χ3n) is 2.30. The fraction of sp³-hybridized carbons (Fsp3) is 0. The molecular weight excluding hydrogens is 222 g/mol. The lowest BCUT2D eigenvalue weighted by molar-refractivity contribution is 1.30. The molecule has 2 aromatic heterocycles. The van der Waals surface area contributed by atoms with Gasteiger partial charge in [0.15, 0.2) is 5.65 Å². The number of pyridine rings is 1. The Hall–Kier alpha value is -1.87. The molecule has 80 valence electrons. The predicted octanol–water partition coefficient (Wildman–Crippen LogP) is 3.05. The summed E-state index contributed by atoms with van der Waals surface area (Å²) in [6.07, 6.45) is 1.75. The number of hydrogen-bond acceptors (Lipinski definition) is 2. The highest BCUT2D eigenvalue weighted by atomic mass is 35.5. The molecule has 0 radical (unpaired) electrons. The molecule has 0 amide bonds. The largest absolute Gasteiger partial charge is 0.337 e. The number of aromatic amines is 1. The van der Waals surface area contributed by atoms with Gasteiger partial charge in [-0.25, -0.2) is 9.97 Å². The first-order valence-electron chi connectivity index (χ1n) is 4.80. The van der Waals surface area contributed by atoms with E-state index in [0.29, 0.717) is 0 Å². The molecule has 0 saturated carbocycles. The minimum absolute atomic E-state index is 0. The highest BCUT2D eigenvalue weighted by Gasteiger charge is 2.03. The third kappa shape index (κ3) is 1.77. The Kier molecular flexibility index (Phi) is 2.88. The molecule has 1 aromatic carbocycles. The lowest BCUT2D eigenvalue weighted by Crippen LogP contribution is -1.78. The van der Waals surface area contributed by atoms with Crippen LogP contribution in [0.15, 0.2) is 48.7 Å². The highest BCUT2D eigenvalue weighted by Crippen LogP contribution is 2.18. The fourth-order valence-corrected chi connectivity index (χ4v) is 1.58. The maximum absolute atomic E-state index is 4.42. The number of halogens is 1. The van der Waals surface area contributed by atoms with E-state index in [0.717, 1.165) is 22.6 Å². The molecule has 0 aliphatic carbocycles. The van der Waals surface area contributed by atoms with Gasteiger partial charge in [0, 0.05) is 11.8 Å².